The molecule has 0 bridgehead atoms. The molecule has 2 heterocycles. The number of carbonyl (C=O) groups excluding carboxylic acids is 1. The summed E-state index contributed by atoms with van der Waals surface area (Å²) in [6.07, 6.45) is 0. The fraction of sp³-hybridized carbons (Fsp3) is 0.0588. The lowest BCUT2D eigenvalue weighted by Gasteiger charge is -2.07. The summed E-state index contributed by atoms with van der Waals surface area (Å²) >= 11 is 1.32. The van der Waals surface area contributed by atoms with Crippen LogP contribution in [0.5, 0.6) is 0 Å². The Morgan fingerprint density at radius 2 is 1.76 bits per heavy atom. The molecule has 0 atom stereocenters. The van der Waals surface area contributed by atoms with Crippen molar-refractivity contribution in [2.75, 3.05) is 0 Å². The van der Waals surface area contributed by atoms with Crippen molar-refractivity contribution in [1.82, 2.24) is 14.5 Å². The van der Waals surface area contributed by atoms with Crippen LogP contribution in [-0.4, -0.2) is 24.1 Å². The Labute approximate surface area is 147 Å². The number of amides is 1. The van der Waals surface area contributed by atoms with Crippen LogP contribution in [0.2, 0.25) is 0 Å². The van der Waals surface area contributed by atoms with E-state index in [1.54, 1.807) is 42.8 Å². The van der Waals surface area contributed by atoms with E-state index in [2.05, 4.69) is 9.82 Å². The van der Waals surface area contributed by atoms with E-state index in [-0.39, 0.29) is 10.6 Å². The van der Waals surface area contributed by atoms with Gasteiger partial charge >= 0.3 is 0 Å². The number of aryl methyl sites for hydroxylation is 1. The molecule has 0 saturated carbocycles. The van der Waals surface area contributed by atoms with Gasteiger partial charge in [0.1, 0.15) is 10.6 Å². The van der Waals surface area contributed by atoms with E-state index in [4.69, 9.17) is 0 Å². The van der Waals surface area contributed by atoms with Gasteiger partial charge in [-0.15, -0.1) is 11.3 Å². The number of carbonyl (C=O) groups is 1. The fourth-order valence-corrected chi connectivity index (χ4v) is 5.26. The van der Waals surface area contributed by atoms with Gasteiger partial charge in [0.15, 0.2) is 0 Å². The highest BCUT2D eigenvalue weighted by atomic mass is 32.2. The number of sulfonamides is 1. The molecule has 4 rings (SSSR count). The molecule has 126 valence electrons. The van der Waals surface area contributed by atoms with E-state index >= 15 is 0 Å². The summed E-state index contributed by atoms with van der Waals surface area (Å²) in [6.45, 7) is 0. The third-order valence-corrected chi connectivity index (χ3v) is 6.40. The molecule has 1 N–H and O–H groups in total. The van der Waals surface area contributed by atoms with Crippen molar-refractivity contribution < 1.29 is 13.2 Å². The fourth-order valence-electron chi connectivity index (χ4n) is 2.80. The second-order valence-corrected chi connectivity index (χ2v) is 8.08. The van der Waals surface area contributed by atoms with Gasteiger partial charge in [0.25, 0.3) is 15.9 Å². The molecule has 1 amide bonds. The second-order valence-electron chi connectivity index (χ2n) is 5.52. The Morgan fingerprint density at radius 1 is 1.08 bits per heavy atom. The van der Waals surface area contributed by atoms with E-state index in [9.17, 15) is 13.2 Å². The molecule has 0 aliphatic heterocycles. The molecule has 0 unspecified atom stereocenters. The van der Waals surface area contributed by atoms with E-state index in [1.807, 2.05) is 18.2 Å². The van der Waals surface area contributed by atoms with Crippen molar-refractivity contribution in [2.24, 2.45) is 7.05 Å². The first-order valence-electron chi connectivity index (χ1n) is 7.42. The van der Waals surface area contributed by atoms with Crippen LogP contribution in [0.25, 0.3) is 21.0 Å². The van der Waals surface area contributed by atoms with Crippen LogP contribution in [0.1, 0.15) is 10.5 Å². The molecule has 6 nitrogen and oxygen atoms in total. The van der Waals surface area contributed by atoms with E-state index in [0.717, 1.165) is 4.70 Å². The number of rotatable bonds is 3. The molecule has 2 aromatic heterocycles. The first-order valence-corrected chi connectivity index (χ1v) is 9.79. The Bertz CT molecular complexity index is 1220. The van der Waals surface area contributed by atoms with Gasteiger partial charge < -0.3 is 0 Å². The summed E-state index contributed by atoms with van der Waals surface area (Å²) in [6, 6.07) is 14.3. The van der Waals surface area contributed by atoms with Crippen LogP contribution in [0, 0.1) is 0 Å². The monoisotopic (exact) mass is 371 g/mol. The summed E-state index contributed by atoms with van der Waals surface area (Å²) < 4.78 is 29.8. The zero-order valence-electron chi connectivity index (χ0n) is 13.1. The molecule has 2 aromatic carbocycles. The van der Waals surface area contributed by atoms with Crippen LogP contribution in [0.4, 0.5) is 0 Å². The molecule has 0 aliphatic carbocycles. The molecule has 0 radical (unpaired) electrons. The zero-order valence-corrected chi connectivity index (χ0v) is 14.8. The van der Waals surface area contributed by atoms with E-state index in [1.165, 1.54) is 16.0 Å². The zero-order chi connectivity index (χ0) is 17.6. The summed E-state index contributed by atoms with van der Waals surface area (Å²) in [7, 11) is -2.37. The van der Waals surface area contributed by atoms with Gasteiger partial charge in [-0.2, -0.15) is 5.10 Å². The molecule has 4 aromatic rings. The van der Waals surface area contributed by atoms with Crippen LogP contribution < -0.4 is 4.72 Å². The van der Waals surface area contributed by atoms with Crippen LogP contribution in [0.15, 0.2) is 58.8 Å². The van der Waals surface area contributed by atoms with Crippen molar-refractivity contribution in [2.45, 2.75) is 4.90 Å². The number of hydrogen-bond donors (Lipinski definition) is 1. The molecular formula is C17H13N3O3S2. The molecule has 25 heavy (non-hydrogen) atoms. The van der Waals surface area contributed by atoms with Crippen molar-refractivity contribution >= 4 is 48.3 Å². The largest absolute Gasteiger partial charge is 0.283 e. The topological polar surface area (TPSA) is 81.1 Å². The molecule has 0 fully saturated rings. The average Bonchev–Trinajstić information content (AvgIpc) is 3.14. The van der Waals surface area contributed by atoms with Crippen LogP contribution in [0.3, 0.4) is 0 Å². The van der Waals surface area contributed by atoms with Crippen LogP contribution in [-0.2, 0) is 17.1 Å². The highest BCUT2D eigenvalue weighted by Gasteiger charge is 2.25. The van der Waals surface area contributed by atoms with Crippen molar-refractivity contribution in [3.63, 3.8) is 0 Å². The molecular weight excluding hydrogens is 358 g/mol. The van der Waals surface area contributed by atoms with Crippen molar-refractivity contribution in [3.8, 4) is 0 Å². The smallest absolute Gasteiger partial charge is 0.266 e. The Hall–Kier alpha value is -2.71. The van der Waals surface area contributed by atoms with Crippen LogP contribution >= 0.6 is 11.3 Å². The predicted octanol–water partition coefficient (Wildman–Crippen LogP) is 2.91. The van der Waals surface area contributed by atoms with Crippen molar-refractivity contribution in [3.05, 3.63) is 59.6 Å². The lowest BCUT2D eigenvalue weighted by Crippen LogP contribution is -2.32. The average molecular weight is 371 g/mol. The van der Waals surface area contributed by atoms with Gasteiger partial charge in [0.2, 0.25) is 0 Å². The molecule has 8 heteroatoms. The Balaban J connectivity index is 1.76. The molecule has 0 saturated heterocycles. The number of hydrogen-bond acceptors (Lipinski definition) is 5. The second kappa shape index (κ2) is 5.68. The van der Waals surface area contributed by atoms with Gasteiger partial charge in [0, 0.05) is 27.9 Å². The summed E-state index contributed by atoms with van der Waals surface area (Å²) in [5.41, 5.74) is 0.840. The Morgan fingerprint density at radius 3 is 2.56 bits per heavy atom. The number of nitrogens with zero attached hydrogens (tertiary/aromatic N) is 2. The maximum atomic E-state index is 12.7. The standard InChI is InChI=1S/C17H13N3O3S2/c1-20-16(11-6-2-4-8-13(11)18-20)17(21)19-25(22,23)15-10-24-14-9-5-3-7-12(14)15/h2-10H,1H3,(H,19,21). The number of aromatic nitrogens is 2. The molecule has 0 aliphatic rings. The normalized spacial score (nSPS) is 11.9. The summed E-state index contributed by atoms with van der Waals surface area (Å²) in [4.78, 5) is 12.7. The number of fused-ring (bicyclic) bond motifs is 2. The third-order valence-electron chi connectivity index (χ3n) is 3.92. The minimum Gasteiger partial charge on any atom is -0.266 e. The predicted molar refractivity (Wildman–Crippen MR) is 97.2 cm³/mol. The maximum absolute atomic E-state index is 12.7. The number of thiophene rings is 1. The van der Waals surface area contributed by atoms with E-state index < -0.39 is 15.9 Å². The Kier molecular flexibility index (Phi) is 3.59. The minimum absolute atomic E-state index is 0.105. The van der Waals surface area contributed by atoms with Gasteiger partial charge in [-0.25, -0.2) is 13.1 Å². The lowest BCUT2D eigenvalue weighted by atomic mass is 10.2. The maximum Gasteiger partial charge on any atom is 0.283 e. The van der Waals surface area contributed by atoms with Gasteiger partial charge in [-0.05, 0) is 12.1 Å². The first kappa shape index (κ1) is 15.8. The summed E-state index contributed by atoms with van der Waals surface area (Å²) in [5.74, 6) is -0.702. The molecule has 0 spiro atoms. The minimum atomic E-state index is -3.98. The SMILES string of the molecule is Cn1nc2ccccc2c1C(=O)NS(=O)(=O)c1csc2ccccc12. The van der Waals surface area contributed by atoms with Gasteiger partial charge in [0.05, 0.1) is 5.52 Å². The lowest BCUT2D eigenvalue weighted by molar-refractivity contribution is 0.0974. The van der Waals surface area contributed by atoms with Gasteiger partial charge in [-0.1, -0.05) is 36.4 Å². The first-order chi connectivity index (χ1) is 12.0. The third kappa shape index (κ3) is 2.59. The number of nitrogens with one attached hydrogen (secondary N) is 1. The van der Waals surface area contributed by atoms with Gasteiger partial charge in [-0.3, -0.25) is 9.48 Å². The highest BCUT2D eigenvalue weighted by Crippen LogP contribution is 2.29. The summed E-state index contributed by atoms with van der Waals surface area (Å²) in [5, 5.41) is 6.99. The number of benzene rings is 2. The quantitative estimate of drug-likeness (QED) is 0.600. The highest BCUT2D eigenvalue weighted by molar-refractivity contribution is 7.90. The van der Waals surface area contributed by atoms with E-state index in [0.29, 0.717) is 16.3 Å². The van der Waals surface area contributed by atoms with Crippen molar-refractivity contribution in [1.29, 1.82) is 0 Å².